The summed E-state index contributed by atoms with van der Waals surface area (Å²) < 4.78 is 26.4. The molecular weight excluding hydrogens is 336 g/mol. The van der Waals surface area contributed by atoms with Crippen LogP contribution in [-0.2, 0) is 6.54 Å². The van der Waals surface area contributed by atoms with Crippen molar-refractivity contribution >= 4 is 28.3 Å². The quantitative estimate of drug-likeness (QED) is 0.742. The van der Waals surface area contributed by atoms with Crippen LogP contribution < -0.4 is 10.6 Å². The van der Waals surface area contributed by atoms with Gasteiger partial charge in [-0.3, -0.25) is 4.79 Å². The SMILES string of the molecule is O=C(NCc1ccc(F)cc1F)c1csc(Nc2ncccn2)n1. The number of rotatable bonds is 5. The minimum atomic E-state index is -0.711. The van der Waals surface area contributed by atoms with Gasteiger partial charge in [0.2, 0.25) is 5.95 Å². The maximum atomic E-state index is 13.5. The third-order valence-corrected chi connectivity index (χ3v) is 3.73. The first-order valence-corrected chi connectivity index (χ1v) is 7.71. The van der Waals surface area contributed by atoms with E-state index in [-0.39, 0.29) is 17.8 Å². The van der Waals surface area contributed by atoms with Gasteiger partial charge in [0.1, 0.15) is 17.3 Å². The third-order valence-electron chi connectivity index (χ3n) is 2.98. The molecule has 2 heterocycles. The third kappa shape index (κ3) is 3.87. The summed E-state index contributed by atoms with van der Waals surface area (Å²) >= 11 is 1.21. The monoisotopic (exact) mass is 347 g/mol. The molecule has 24 heavy (non-hydrogen) atoms. The van der Waals surface area contributed by atoms with E-state index >= 15 is 0 Å². The van der Waals surface area contributed by atoms with Crippen LogP contribution in [-0.4, -0.2) is 20.9 Å². The van der Waals surface area contributed by atoms with Crippen molar-refractivity contribution in [1.29, 1.82) is 0 Å². The van der Waals surface area contributed by atoms with E-state index in [0.29, 0.717) is 11.1 Å². The van der Waals surface area contributed by atoms with Crippen LogP contribution in [0.15, 0.2) is 42.0 Å². The van der Waals surface area contributed by atoms with E-state index in [1.807, 2.05) is 0 Å². The number of halogens is 2. The van der Waals surface area contributed by atoms with E-state index in [1.54, 1.807) is 23.8 Å². The van der Waals surface area contributed by atoms with Gasteiger partial charge in [-0.05, 0) is 12.1 Å². The number of nitrogens with one attached hydrogen (secondary N) is 2. The highest BCUT2D eigenvalue weighted by Crippen LogP contribution is 2.18. The highest BCUT2D eigenvalue weighted by molar-refractivity contribution is 7.14. The number of carbonyl (C=O) groups is 1. The Bertz CT molecular complexity index is 856. The Balaban J connectivity index is 1.61. The summed E-state index contributed by atoms with van der Waals surface area (Å²) in [6.07, 6.45) is 3.15. The van der Waals surface area contributed by atoms with Gasteiger partial charge in [-0.25, -0.2) is 23.7 Å². The highest BCUT2D eigenvalue weighted by atomic mass is 32.1. The van der Waals surface area contributed by atoms with Crippen LogP contribution >= 0.6 is 11.3 Å². The Hall–Kier alpha value is -2.94. The minimum absolute atomic E-state index is 0.0625. The van der Waals surface area contributed by atoms with Crippen LogP contribution in [0.1, 0.15) is 16.1 Å². The lowest BCUT2D eigenvalue weighted by atomic mass is 10.2. The fourth-order valence-electron chi connectivity index (χ4n) is 1.83. The normalized spacial score (nSPS) is 10.4. The zero-order valence-corrected chi connectivity index (χ0v) is 13.0. The number of hydrogen-bond acceptors (Lipinski definition) is 6. The van der Waals surface area contributed by atoms with Crippen LogP contribution in [0.5, 0.6) is 0 Å². The lowest BCUT2D eigenvalue weighted by Gasteiger charge is -2.05. The minimum Gasteiger partial charge on any atom is -0.346 e. The zero-order valence-electron chi connectivity index (χ0n) is 12.2. The summed E-state index contributed by atoms with van der Waals surface area (Å²) in [6, 6.07) is 4.87. The molecule has 0 aliphatic rings. The molecule has 9 heteroatoms. The van der Waals surface area contributed by atoms with E-state index in [1.165, 1.54) is 17.4 Å². The van der Waals surface area contributed by atoms with Crippen molar-refractivity contribution in [3.05, 3.63) is 64.9 Å². The highest BCUT2D eigenvalue weighted by Gasteiger charge is 2.12. The van der Waals surface area contributed by atoms with Gasteiger partial charge in [0.15, 0.2) is 5.13 Å². The van der Waals surface area contributed by atoms with Gasteiger partial charge in [0.25, 0.3) is 5.91 Å². The molecule has 1 aromatic carbocycles. The van der Waals surface area contributed by atoms with Crippen molar-refractivity contribution in [2.75, 3.05) is 5.32 Å². The van der Waals surface area contributed by atoms with Crippen LogP contribution in [0.25, 0.3) is 0 Å². The topological polar surface area (TPSA) is 79.8 Å². The zero-order chi connectivity index (χ0) is 16.9. The number of carbonyl (C=O) groups excluding carboxylic acids is 1. The molecule has 0 radical (unpaired) electrons. The van der Waals surface area contributed by atoms with Crippen molar-refractivity contribution in [2.45, 2.75) is 6.54 Å². The van der Waals surface area contributed by atoms with Crippen LogP contribution in [0.3, 0.4) is 0 Å². The first-order chi connectivity index (χ1) is 11.6. The molecule has 1 amide bonds. The second-order valence-corrected chi connectivity index (χ2v) is 5.51. The van der Waals surface area contributed by atoms with Gasteiger partial charge in [-0.15, -0.1) is 11.3 Å². The molecule has 0 aliphatic carbocycles. The molecule has 0 aliphatic heterocycles. The molecule has 122 valence electrons. The second-order valence-electron chi connectivity index (χ2n) is 4.65. The van der Waals surface area contributed by atoms with Crippen molar-refractivity contribution in [3.8, 4) is 0 Å². The summed E-state index contributed by atoms with van der Waals surface area (Å²) in [6.45, 7) is -0.0625. The van der Waals surface area contributed by atoms with Crippen molar-refractivity contribution < 1.29 is 13.6 Å². The van der Waals surface area contributed by atoms with Crippen LogP contribution in [0.2, 0.25) is 0 Å². The Morgan fingerprint density at radius 2 is 2.00 bits per heavy atom. The van der Waals surface area contributed by atoms with Crippen molar-refractivity contribution in [3.63, 3.8) is 0 Å². The predicted octanol–water partition coefficient (Wildman–Crippen LogP) is 2.88. The smallest absolute Gasteiger partial charge is 0.271 e. The number of benzene rings is 1. The van der Waals surface area contributed by atoms with E-state index in [9.17, 15) is 13.6 Å². The molecule has 0 atom stereocenters. The summed E-state index contributed by atoms with van der Waals surface area (Å²) in [7, 11) is 0. The molecule has 3 rings (SSSR count). The number of aromatic nitrogens is 3. The average molecular weight is 347 g/mol. The summed E-state index contributed by atoms with van der Waals surface area (Å²) in [4.78, 5) is 24.1. The first-order valence-electron chi connectivity index (χ1n) is 6.83. The molecule has 3 aromatic rings. The number of anilines is 2. The lowest BCUT2D eigenvalue weighted by molar-refractivity contribution is 0.0946. The summed E-state index contributed by atoms with van der Waals surface area (Å²) in [5.41, 5.74) is 0.372. The molecule has 6 nitrogen and oxygen atoms in total. The molecule has 0 unspecified atom stereocenters. The Kier molecular flexibility index (Phi) is 4.71. The van der Waals surface area contributed by atoms with E-state index in [2.05, 4.69) is 25.6 Å². The second kappa shape index (κ2) is 7.09. The molecule has 0 spiro atoms. The van der Waals surface area contributed by atoms with Gasteiger partial charge in [-0.1, -0.05) is 6.07 Å². The lowest BCUT2D eigenvalue weighted by Crippen LogP contribution is -2.23. The number of hydrogen-bond donors (Lipinski definition) is 2. The summed E-state index contributed by atoms with van der Waals surface area (Å²) in [5, 5.41) is 7.42. The standard InChI is InChI=1S/C15H11F2N5OS/c16-10-3-2-9(11(17)6-10)7-20-13(23)12-8-24-15(21-12)22-14-18-4-1-5-19-14/h1-6,8H,7H2,(H,20,23)(H,18,19,21,22). The van der Waals surface area contributed by atoms with Gasteiger partial charge >= 0.3 is 0 Å². The molecule has 2 aromatic heterocycles. The fraction of sp³-hybridized carbons (Fsp3) is 0.0667. The largest absolute Gasteiger partial charge is 0.346 e. The molecule has 0 saturated heterocycles. The van der Waals surface area contributed by atoms with E-state index in [0.717, 1.165) is 12.1 Å². The maximum absolute atomic E-state index is 13.5. The van der Waals surface area contributed by atoms with Gasteiger partial charge in [-0.2, -0.15) is 0 Å². The Morgan fingerprint density at radius 1 is 1.21 bits per heavy atom. The fourth-order valence-corrected chi connectivity index (χ4v) is 2.51. The Labute approximate surface area is 139 Å². The molecule has 0 saturated carbocycles. The van der Waals surface area contributed by atoms with E-state index < -0.39 is 17.5 Å². The first kappa shape index (κ1) is 15.9. The number of amides is 1. The summed E-state index contributed by atoms with van der Waals surface area (Å²) in [5.74, 6) is -1.47. The van der Waals surface area contributed by atoms with Crippen LogP contribution in [0.4, 0.5) is 19.9 Å². The van der Waals surface area contributed by atoms with Gasteiger partial charge in [0, 0.05) is 35.9 Å². The molecule has 2 N–H and O–H groups in total. The average Bonchev–Trinajstić information content (AvgIpc) is 3.03. The molecule has 0 fully saturated rings. The molecule has 0 bridgehead atoms. The Morgan fingerprint density at radius 3 is 2.75 bits per heavy atom. The predicted molar refractivity (Wildman–Crippen MR) is 85.0 cm³/mol. The van der Waals surface area contributed by atoms with Gasteiger partial charge < -0.3 is 10.6 Å². The van der Waals surface area contributed by atoms with Crippen molar-refractivity contribution in [1.82, 2.24) is 20.3 Å². The number of thiazole rings is 1. The maximum Gasteiger partial charge on any atom is 0.271 e. The van der Waals surface area contributed by atoms with Gasteiger partial charge in [0.05, 0.1) is 0 Å². The number of nitrogens with zero attached hydrogens (tertiary/aromatic N) is 3. The molecular formula is C15H11F2N5OS. The van der Waals surface area contributed by atoms with Crippen LogP contribution in [0, 0.1) is 11.6 Å². The van der Waals surface area contributed by atoms with E-state index in [4.69, 9.17) is 0 Å². The van der Waals surface area contributed by atoms with Crippen molar-refractivity contribution in [2.24, 2.45) is 0 Å².